The van der Waals surface area contributed by atoms with E-state index in [0.717, 1.165) is 15.5 Å². The first-order valence-electron chi connectivity index (χ1n) is 3.97. The molecular weight excluding hydrogens is 202 g/mol. The van der Waals surface area contributed by atoms with Gasteiger partial charge in [0.1, 0.15) is 0 Å². The van der Waals surface area contributed by atoms with Gasteiger partial charge in [0, 0.05) is 9.79 Å². The van der Waals surface area contributed by atoms with E-state index in [2.05, 4.69) is 17.9 Å². The molecule has 1 heterocycles. The second-order valence-electron chi connectivity index (χ2n) is 2.93. The van der Waals surface area contributed by atoms with Gasteiger partial charge in [-0.25, -0.2) is 0 Å². The molecule has 0 saturated carbocycles. The van der Waals surface area contributed by atoms with Gasteiger partial charge in [-0.3, -0.25) is 4.79 Å². The van der Waals surface area contributed by atoms with Crippen molar-refractivity contribution in [3.63, 3.8) is 0 Å². The highest BCUT2D eigenvalue weighted by Gasteiger charge is 2.22. The average Bonchev–Trinajstić information content (AvgIpc) is 2.08. The second kappa shape index (κ2) is 3.27. The van der Waals surface area contributed by atoms with Gasteiger partial charge < -0.3 is 5.32 Å². The van der Waals surface area contributed by atoms with Crippen LogP contribution < -0.4 is 5.32 Å². The number of fused-ring (bicyclic) bond motifs is 1. The van der Waals surface area contributed by atoms with Gasteiger partial charge in [0.25, 0.3) is 0 Å². The predicted molar refractivity (Wildman–Crippen MR) is 57.6 cm³/mol. The van der Waals surface area contributed by atoms with Crippen LogP contribution in [0.15, 0.2) is 28.0 Å². The third-order valence-corrected chi connectivity index (χ3v) is 3.33. The Morgan fingerprint density at radius 2 is 2.31 bits per heavy atom. The monoisotopic (exact) mass is 211 g/mol. The van der Waals surface area contributed by atoms with Crippen molar-refractivity contribution in [2.45, 2.75) is 22.0 Å². The van der Waals surface area contributed by atoms with Crippen LogP contribution in [-0.2, 0) is 4.79 Å². The fraction of sp³-hybridized carbons (Fsp3) is 0.222. The quantitative estimate of drug-likeness (QED) is 0.645. The van der Waals surface area contributed by atoms with Crippen LogP contribution in [0.2, 0.25) is 0 Å². The summed E-state index contributed by atoms with van der Waals surface area (Å²) in [5.74, 6) is 0.0735. The number of nitrogens with one attached hydrogen (secondary N) is 1. The fourth-order valence-corrected chi connectivity index (χ4v) is 2.47. The van der Waals surface area contributed by atoms with Crippen LogP contribution in [0.3, 0.4) is 0 Å². The summed E-state index contributed by atoms with van der Waals surface area (Å²) in [7, 11) is 0. The van der Waals surface area contributed by atoms with Crippen LogP contribution in [0.4, 0.5) is 5.69 Å². The van der Waals surface area contributed by atoms with E-state index < -0.39 is 0 Å². The number of hydrogen-bond donors (Lipinski definition) is 2. The van der Waals surface area contributed by atoms with E-state index in [4.69, 9.17) is 0 Å². The first kappa shape index (κ1) is 8.97. The molecule has 1 aliphatic rings. The number of benzene rings is 1. The van der Waals surface area contributed by atoms with Gasteiger partial charge in [-0.05, 0) is 25.1 Å². The van der Waals surface area contributed by atoms with Crippen LogP contribution in [0.5, 0.6) is 0 Å². The van der Waals surface area contributed by atoms with Crippen molar-refractivity contribution >= 4 is 36.0 Å². The molecule has 2 rings (SSSR count). The Bertz CT molecular complexity index is 365. The van der Waals surface area contributed by atoms with Crippen molar-refractivity contribution < 1.29 is 4.79 Å². The molecule has 0 aromatic heterocycles. The van der Waals surface area contributed by atoms with Gasteiger partial charge in [-0.1, -0.05) is 0 Å². The zero-order chi connectivity index (χ0) is 9.42. The number of carbonyl (C=O) groups is 1. The lowest BCUT2D eigenvalue weighted by molar-refractivity contribution is -0.115. The summed E-state index contributed by atoms with van der Waals surface area (Å²) in [5, 5.41) is 2.83. The average molecular weight is 211 g/mol. The lowest BCUT2D eigenvalue weighted by atomic mass is 10.3. The number of thiol groups is 1. The molecule has 0 aliphatic carbocycles. The Morgan fingerprint density at radius 3 is 3.08 bits per heavy atom. The van der Waals surface area contributed by atoms with E-state index in [1.807, 2.05) is 25.1 Å². The smallest absolute Gasteiger partial charge is 0.237 e. The number of amides is 1. The first-order chi connectivity index (χ1) is 6.16. The van der Waals surface area contributed by atoms with E-state index in [1.54, 1.807) is 11.8 Å². The molecule has 1 aromatic carbocycles. The molecule has 1 unspecified atom stereocenters. The maximum atomic E-state index is 11.3. The van der Waals surface area contributed by atoms with Gasteiger partial charge in [0.2, 0.25) is 5.91 Å². The summed E-state index contributed by atoms with van der Waals surface area (Å²) < 4.78 is 0. The summed E-state index contributed by atoms with van der Waals surface area (Å²) in [5.41, 5.74) is 0.894. The van der Waals surface area contributed by atoms with Crippen LogP contribution in [-0.4, -0.2) is 11.2 Å². The van der Waals surface area contributed by atoms with Crippen molar-refractivity contribution in [3.05, 3.63) is 18.2 Å². The minimum absolute atomic E-state index is 0.0115. The van der Waals surface area contributed by atoms with Crippen LogP contribution in [0.1, 0.15) is 6.92 Å². The number of hydrogen-bond acceptors (Lipinski definition) is 3. The standard InChI is InChI=1S/C9H9NOS2/c1-5-9(11)10-7-3-2-6(12)4-8(7)13-5/h2-5,12H,1H3,(H,10,11). The fourth-order valence-electron chi connectivity index (χ4n) is 1.19. The summed E-state index contributed by atoms with van der Waals surface area (Å²) >= 11 is 5.82. The molecule has 0 fully saturated rings. The van der Waals surface area contributed by atoms with E-state index >= 15 is 0 Å². The molecule has 68 valence electrons. The van der Waals surface area contributed by atoms with Crippen molar-refractivity contribution in [2.75, 3.05) is 5.32 Å². The number of carbonyl (C=O) groups excluding carboxylic acids is 1. The molecule has 0 bridgehead atoms. The lowest BCUT2D eigenvalue weighted by Gasteiger charge is -2.21. The Morgan fingerprint density at radius 1 is 1.54 bits per heavy atom. The third kappa shape index (κ3) is 1.69. The molecule has 0 saturated heterocycles. The van der Waals surface area contributed by atoms with Gasteiger partial charge in [0.15, 0.2) is 0 Å². The number of rotatable bonds is 0. The minimum atomic E-state index is -0.0115. The van der Waals surface area contributed by atoms with E-state index in [-0.39, 0.29) is 11.2 Å². The molecule has 1 atom stereocenters. The molecule has 1 N–H and O–H groups in total. The zero-order valence-corrected chi connectivity index (χ0v) is 8.78. The van der Waals surface area contributed by atoms with E-state index in [0.29, 0.717) is 0 Å². The van der Waals surface area contributed by atoms with E-state index in [1.165, 1.54) is 0 Å². The maximum absolute atomic E-state index is 11.3. The Hall–Kier alpha value is -0.610. The summed E-state index contributed by atoms with van der Waals surface area (Å²) in [6, 6.07) is 5.73. The molecular formula is C9H9NOS2. The molecule has 13 heavy (non-hydrogen) atoms. The van der Waals surface area contributed by atoms with Gasteiger partial charge >= 0.3 is 0 Å². The third-order valence-electron chi connectivity index (χ3n) is 1.90. The highest BCUT2D eigenvalue weighted by atomic mass is 32.2. The van der Waals surface area contributed by atoms with Gasteiger partial charge in [0.05, 0.1) is 10.9 Å². The molecule has 0 radical (unpaired) electrons. The van der Waals surface area contributed by atoms with Gasteiger partial charge in [-0.2, -0.15) is 0 Å². The van der Waals surface area contributed by atoms with Crippen LogP contribution in [0.25, 0.3) is 0 Å². The van der Waals surface area contributed by atoms with Crippen molar-refractivity contribution in [1.82, 2.24) is 0 Å². The Balaban J connectivity index is 2.42. The summed E-state index contributed by atoms with van der Waals surface area (Å²) in [6.45, 7) is 1.90. The van der Waals surface area contributed by atoms with Crippen LogP contribution >= 0.6 is 24.4 Å². The summed E-state index contributed by atoms with van der Waals surface area (Å²) in [4.78, 5) is 13.3. The normalized spacial score (nSPS) is 20.8. The van der Waals surface area contributed by atoms with E-state index in [9.17, 15) is 4.79 Å². The maximum Gasteiger partial charge on any atom is 0.237 e. The zero-order valence-electron chi connectivity index (χ0n) is 7.07. The van der Waals surface area contributed by atoms with Crippen molar-refractivity contribution in [1.29, 1.82) is 0 Å². The Labute approximate surface area is 86.5 Å². The largest absolute Gasteiger partial charge is 0.324 e. The molecule has 1 amide bonds. The first-order valence-corrected chi connectivity index (χ1v) is 5.30. The highest BCUT2D eigenvalue weighted by Crippen LogP contribution is 2.36. The molecule has 4 heteroatoms. The predicted octanol–water partition coefficient (Wildman–Crippen LogP) is 2.41. The summed E-state index contributed by atoms with van der Waals surface area (Å²) in [6.07, 6.45) is 0. The molecule has 1 aliphatic heterocycles. The Kier molecular flexibility index (Phi) is 2.26. The molecule has 0 spiro atoms. The highest BCUT2D eigenvalue weighted by molar-refractivity contribution is 8.01. The second-order valence-corrected chi connectivity index (χ2v) is 4.83. The number of thioether (sulfide) groups is 1. The SMILES string of the molecule is CC1Sc2cc(S)ccc2NC1=O. The number of anilines is 1. The molecule has 2 nitrogen and oxygen atoms in total. The van der Waals surface area contributed by atoms with Crippen molar-refractivity contribution in [3.8, 4) is 0 Å². The van der Waals surface area contributed by atoms with Crippen LogP contribution in [0, 0.1) is 0 Å². The van der Waals surface area contributed by atoms with Crippen molar-refractivity contribution in [2.24, 2.45) is 0 Å². The lowest BCUT2D eigenvalue weighted by Crippen LogP contribution is -2.26. The molecule has 1 aromatic rings. The topological polar surface area (TPSA) is 29.1 Å². The minimum Gasteiger partial charge on any atom is -0.324 e. The van der Waals surface area contributed by atoms with Gasteiger partial charge in [-0.15, -0.1) is 24.4 Å².